The van der Waals surface area contributed by atoms with E-state index in [0.717, 1.165) is 19.1 Å². The Kier molecular flexibility index (Phi) is 7.22. The predicted octanol–water partition coefficient (Wildman–Crippen LogP) is 3.23. The minimum atomic E-state index is -4.79. The third-order valence-electron chi connectivity index (χ3n) is 7.13. The minimum absolute atomic E-state index is 0.143. The number of carbonyl (C=O) groups is 4. The van der Waals surface area contributed by atoms with Gasteiger partial charge in [-0.25, -0.2) is 18.9 Å². The number of hydrogen-bond donors (Lipinski definition) is 2. The zero-order chi connectivity index (χ0) is 27.8. The molecule has 4 rings (SSSR count). The molecule has 38 heavy (non-hydrogen) atoms. The monoisotopic (exact) mass is 538 g/mol. The van der Waals surface area contributed by atoms with Crippen molar-refractivity contribution in [3.63, 3.8) is 0 Å². The van der Waals surface area contributed by atoms with Crippen molar-refractivity contribution in [3.8, 4) is 0 Å². The number of amides is 5. The first-order valence-corrected chi connectivity index (χ1v) is 11.9. The number of allylic oxidation sites excluding steroid dienone is 2. The van der Waals surface area contributed by atoms with Gasteiger partial charge in [-0.2, -0.15) is 13.2 Å². The van der Waals surface area contributed by atoms with Gasteiger partial charge in [0.25, 0.3) is 5.91 Å². The highest BCUT2D eigenvalue weighted by Crippen LogP contribution is 2.50. The molecular weight excluding hydrogens is 512 g/mol. The molecule has 1 aromatic rings. The molecule has 0 radical (unpaired) electrons. The van der Waals surface area contributed by atoms with Crippen molar-refractivity contribution in [3.05, 3.63) is 59.6 Å². The Hall–Kier alpha value is -3.90. The summed E-state index contributed by atoms with van der Waals surface area (Å²) >= 11 is 0. The zero-order valence-corrected chi connectivity index (χ0v) is 20.5. The molecule has 2 unspecified atom stereocenters. The van der Waals surface area contributed by atoms with Gasteiger partial charge in [-0.15, -0.1) is 0 Å². The van der Waals surface area contributed by atoms with Crippen LogP contribution < -0.4 is 10.6 Å². The Morgan fingerprint density at radius 1 is 1.24 bits per heavy atom. The van der Waals surface area contributed by atoms with Gasteiger partial charge >= 0.3 is 18.3 Å². The Labute approximate surface area is 215 Å². The molecule has 3 aliphatic rings. The van der Waals surface area contributed by atoms with Crippen LogP contribution in [0.15, 0.2) is 48.2 Å². The smallest absolute Gasteiger partial charge is 0.418 e. The van der Waals surface area contributed by atoms with Crippen LogP contribution in [0.4, 0.5) is 27.2 Å². The van der Waals surface area contributed by atoms with Gasteiger partial charge in [0.15, 0.2) is 5.60 Å². The molecular formula is C25H26F4N4O5. The second-order valence-electron chi connectivity index (χ2n) is 9.43. The van der Waals surface area contributed by atoms with Crippen molar-refractivity contribution in [2.24, 2.45) is 11.8 Å². The Balaban J connectivity index is 1.52. The van der Waals surface area contributed by atoms with Crippen molar-refractivity contribution in [1.29, 1.82) is 0 Å². The van der Waals surface area contributed by atoms with E-state index in [-0.39, 0.29) is 17.9 Å². The predicted molar refractivity (Wildman–Crippen MR) is 124 cm³/mol. The maximum absolute atomic E-state index is 13.6. The molecule has 1 aliphatic heterocycles. The number of fused-ring (bicyclic) bond motifs is 2. The summed E-state index contributed by atoms with van der Waals surface area (Å²) in [5, 5.41) is 5.05. The second-order valence-corrected chi connectivity index (χ2v) is 9.43. The summed E-state index contributed by atoms with van der Waals surface area (Å²) in [5.41, 5.74) is -0.851. The van der Waals surface area contributed by atoms with Crippen molar-refractivity contribution < 1.29 is 41.5 Å². The highest BCUT2D eigenvalue weighted by atomic mass is 19.4. The summed E-state index contributed by atoms with van der Waals surface area (Å²) < 4.78 is 59.5. The summed E-state index contributed by atoms with van der Waals surface area (Å²) in [7, 11) is 1.46. The molecule has 1 saturated carbocycles. The summed E-state index contributed by atoms with van der Waals surface area (Å²) in [6.07, 6.45) is -0.346. The molecule has 0 bridgehead atoms. The van der Waals surface area contributed by atoms with Gasteiger partial charge in [0.05, 0.1) is 0 Å². The Morgan fingerprint density at radius 3 is 2.55 bits per heavy atom. The molecule has 1 heterocycles. The van der Waals surface area contributed by atoms with Crippen LogP contribution in [0.2, 0.25) is 0 Å². The van der Waals surface area contributed by atoms with E-state index in [0.29, 0.717) is 21.9 Å². The van der Waals surface area contributed by atoms with Gasteiger partial charge in [0.2, 0.25) is 5.91 Å². The fraction of sp³-hybridized carbons (Fsp3) is 0.440. The zero-order valence-electron chi connectivity index (χ0n) is 20.5. The molecule has 204 valence electrons. The van der Waals surface area contributed by atoms with Gasteiger partial charge < -0.3 is 20.3 Å². The lowest BCUT2D eigenvalue weighted by atomic mass is 9.82. The van der Waals surface area contributed by atoms with Gasteiger partial charge in [0, 0.05) is 25.2 Å². The molecule has 1 spiro atoms. The van der Waals surface area contributed by atoms with Gasteiger partial charge in [-0.05, 0) is 49.5 Å². The van der Waals surface area contributed by atoms with Gasteiger partial charge in [0.1, 0.15) is 18.4 Å². The number of nitrogens with zero attached hydrogens (tertiary/aromatic N) is 2. The molecule has 4 atom stereocenters. The number of ether oxygens (including phenoxy) is 1. The minimum Gasteiger partial charge on any atom is -0.432 e. The Bertz CT molecular complexity index is 1200. The lowest BCUT2D eigenvalue weighted by molar-refractivity contribution is -0.187. The number of alkyl halides is 3. The average Bonchev–Trinajstić information content (AvgIpc) is 3.34. The van der Waals surface area contributed by atoms with E-state index in [1.165, 1.54) is 19.2 Å². The molecule has 0 aromatic heterocycles. The van der Waals surface area contributed by atoms with E-state index < -0.39 is 66.6 Å². The largest absolute Gasteiger partial charge is 0.432 e. The molecule has 2 fully saturated rings. The van der Waals surface area contributed by atoms with Crippen LogP contribution in [-0.2, 0) is 20.9 Å². The van der Waals surface area contributed by atoms with Crippen LogP contribution >= 0.6 is 0 Å². The van der Waals surface area contributed by atoms with Gasteiger partial charge in [-0.1, -0.05) is 24.3 Å². The number of hydrogen-bond acceptors (Lipinski definition) is 5. The first kappa shape index (κ1) is 27.1. The summed E-state index contributed by atoms with van der Waals surface area (Å²) in [5.74, 6) is -3.33. The van der Waals surface area contributed by atoms with Crippen molar-refractivity contribution in [1.82, 2.24) is 20.4 Å². The first-order chi connectivity index (χ1) is 17.9. The number of imide groups is 1. The van der Waals surface area contributed by atoms with Crippen LogP contribution in [0.25, 0.3) is 0 Å². The first-order valence-electron chi connectivity index (χ1n) is 11.9. The van der Waals surface area contributed by atoms with Gasteiger partial charge in [-0.3, -0.25) is 9.59 Å². The third kappa shape index (κ3) is 5.09. The van der Waals surface area contributed by atoms with Crippen molar-refractivity contribution >= 4 is 23.9 Å². The number of urea groups is 1. The highest BCUT2D eigenvalue weighted by Gasteiger charge is 2.63. The van der Waals surface area contributed by atoms with E-state index >= 15 is 0 Å². The van der Waals surface area contributed by atoms with E-state index in [1.807, 2.05) is 0 Å². The number of rotatable bonds is 6. The molecule has 2 aliphatic carbocycles. The fourth-order valence-electron chi connectivity index (χ4n) is 5.03. The number of nitrogens with one attached hydrogen (secondary N) is 2. The second kappa shape index (κ2) is 10.1. The summed E-state index contributed by atoms with van der Waals surface area (Å²) in [6.45, 7) is -0.666. The SMILES string of the molecule is CNC(=O)NC1=CC2CC[C@@]3(OC(=O)N(CC(=O)N(Cc4ccc(F)cc4)[C@@H](C)C(F)(F)F)C3=O)C2C=C1. The Morgan fingerprint density at radius 2 is 1.92 bits per heavy atom. The van der Waals surface area contributed by atoms with Crippen molar-refractivity contribution in [2.45, 2.75) is 44.1 Å². The summed E-state index contributed by atoms with van der Waals surface area (Å²) in [4.78, 5) is 51.9. The normalized spacial score (nSPS) is 25.1. The molecule has 9 nitrogen and oxygen atoms in total. The fourth-order valence-corrected chi connectivity index (χ4v) is 5.03. The van der Waals surface area contributed by atoms with E-state index in [2.05, 4.69) is 10.6 Å². The number of carbonyl (C=O) groups excluding carboxylic acids is 4. The highest BCUT2D eigenvalue weighted by molar-refractivity contribution is 6.06. The number of benzene rings is 1. The van der Waals surface area contributed by atoms with Crippen LogP contribution in [-0.4, -0.2) is 65.2 Å². The quantitative estimate of drug-likeness (QED) is 0.541. The van der Waals surface area contributed by atoms with Crippen LogP contribution in [0.5, 0.6) is 0 Å². The molecule has 13 heteroatoms. The molecule has 5 amide bonds. The maximum Gasteiger partial charge on any atom is 0.418 e. The molecule has 2 N–H and O–H groups in total. The van der Waals surface area contributed by atoms with E-state index in [4.69, 9.17) is 4.74 Å². The topological polar surface area (TPSA) is 108 Å². The van der Waals surface area contributed by atoms with E-state index in [9.17, 15) is 36.7 Å². The lowest BCUT2D eigenvalue weighted by Crippen LogP contribution is -2.52. The summed E-state index contributed by atoms with van der Waals surface area (Å²) in [6, 6.07) is 1.93. The lowest BCUT2D eigenvalue weighted by Gasteiger charge is -2.32. The van der Waals surface area contributed by atoms with Crippen LogP contribution in [0, 0.1) is 17.7 Å². The van der Waals surface area contributed by atoms with Crippen LogP contribution in [0.3, 0.4) is 0 Å². The third-order valence-corrected chi connectivity index (χ3v) is 7.13. The molecule has 1 saturated heterocycles. The average molecular weight is 538 g/mol. The van der Waals surface area contributed by atoms with Crippen molar-refractivity contribution in [2.75, 3.05) is 13.6 Å². The standard InChI is InChI=1S/C25H26F4N4O5/c1-14(25(27,28)29)32(12-15-3-5-17(26)6-4-15)20(34)13-33-21(35)24(38-23(33)37)10-9-16-11-18(7-8-19(16)24)31-22(36)30-2/h3-8,11,14,16,19H,9-10,12-13H2,1-2H3,(H2,30,31,36)/t14-,16?,19?,24+/m0/s1. The number of halogens is 4. The maximum atomic E-state index is 13.6. The van der Waals surface area contributed by atoms with Crippen LogP contribution in [0.1, 0.15) is 25.3 Å². The molecule has 1 aromatic carbocycles. The van der Waals surface area contributed by atoms with E-state index in [1.54, 1.807) is 18.2 Å².